The van der Waals surface area contributed by atoms with Gasteiger partial charge in [0.05, 0.1) is 17.7 Å². The Morgan fingerprint density at radius 2 is 1.58 bits per heavy atom. The minimum Gasteiger partial charge on any atom is -0.314 e. The fourth-order valence-electron chi connectivity index (χ4n) is 4.68. The number of nitrogens with zero attached hydrogens (tertiary/aromatic N) is 2. The number of benzene rings is 1. The lowest BCUT2D eigenvalue weighted by molar-refractivity contribution is 0.0777. The van der Waals surface area contributed by atoms with Gasteiger partial charge < -0.3 is 5.32 Å². The van der Waals surface area contributed by atoms with E-state index in [4.69, 9.17) is 0 Å². The third-order valence-electron chi connectivity index (χ3n) is 6.70. The van der Waals surface area contributed by atoms with E-state index in [1.54, 1.807) is 6.07 Å². The van der Waals surface area contributed by atoms with Crippen LogP contribution in [0, 0.1) is 18.3 Å². The molecule has 0 spiro atoms. The summed E-state index contributed by atoms with van der Waals surface area (Å²) in [7, 11) is 0. The highest BCUT2D eigenvalue weighted by Crippen LogP contribution is 2.21. The molecule has 1 aromatic carbocycles. The van der Waals surface area contributed by atoms with Crippen molar-refractivity contribution in [1.82, 2.24) is 10.2 Å². The summed E-state index contributed by atoms with van der Waals surface area (Å²) in [6, 6.07) is 7.70. The molecule has 0 radical (unpaired) electrons. The lowest BCUT2D eigenvalue weighted by Crippen LogP contribution is -2.51. The zero-order valence-electron chi connectivity index (χ0n) is 19.9. The smallest absolute Gasteiger partial charge is 0.180 e. The second-order valence-electron chi connectivity index (χ2n) is 9.08. The highest BCUT2D eigenvalue weighted by atomic mass is 16.1. The average molecular weight is 426 g/mol. The van der Waals surface area contributed by atoms with Gasteiger partial charge in [-0.1, -0.05) is 89.7 Å². The van der Waals surface area contributed by atoms with E-state index < -0.39 is 0 Å². The average Bonchev–Trinajstić information content (AvgIpc) is 2.80. The minimum atomic E-state index is -0.0618. The quantitative estimate of drug-likeness (QED) is 0.275. The van der Waals surface area contributed by atoms with Gasteiger partial charge in [-0.2, -0.15) is 5.26 Å². The van der Waals surface area contributed by atoms with Gasteiger partial charge in [0.25, 0.3) is 0 Å². The Balaban J connectivity index is 1.81. The van der Waals surface area contributed by atoms with Crippen molar-refractivity contribution in [3.8, 4) is 6.07 Å². The standard InChI is InChI=1S/C27H43N3O/c1-3-4-5-6-7-8-9-10-11-12-13-17-26(30-20-18-29-19-21-30)27(31)25-16-14-15-24(22-28)23(25)2/h14-16,26,29H,3-13,17-21H2,1-2H3. The maximum atomic E-state index is 13.5. The molecule has 1 unspecified atom stereocenters. The van der Waals surface area contributed by atoms with Crippen molar-refractivity contribution in [1.29, 1.82) is 5.26 Å². The monoisotopic (exact) mass is 425 g/mol. The van der Waals surface area contributed by atoms with Crippen LogP contribution in [0.15, 0.2) is 18.2 Å². The lowest BCUT2D eigenvalue weighted by Gasteiger charge is -2.34. The first-order chi connectivity index (χ1) is 15.2. The molecule has 4 heteroatoms. The first kappa shape index (κ1) is 25.6. The molecule has 1 fully saturated rings. The Bertz CT molecular complexity index is 688. The van der Waals surface area contributed by atoms with E-state index in [0.717, 1.165) is 50.1 Å². The van der Waals surface area contributed by atoms with E-state index in [1.165, 1.54) is 64.2 Å². The van der Waals surface area contributed by atoms with Gasteiger partial charge in [-0.25, -0.2) is 0 Å². The van der Waals surface area contributed by atoms with E-state index in [-0.39, 0.29) is 11.8 Å². The van der Waals surface area contributed by atoms with E-state index in [1.807, 2.05) is 19.1 Å². The van der Waals surface area contributed by atoms with Crippen LogP contribution in [0.2, 0.25) is 0 Å². The Morgan fingerprint density at radius 1 is 1.00 bits per heavy atom. The number of piperazine rings is 1. The number of hydrogen-bond donors (Lipinski definition) is 1. The van der Waals surface area contributed by atoms with Gasteiger partial charge in [0.15, 0.2) is 5.78 Å². The largest absolute Gasteiger partial charge is 0.314 e. The minimum absolute atomic E-state index is 0.0618. The molecule has 0 amide bonds. The van der Waals surface area contributed by atoms with Crippen LogP contribution in [-0.4, -0.2) is 42.9 Å². The third-order valence-corrected chi connectivity index (χ3v) is 6.70. The predicted molar refractivity (Wildman–Crippen MR) is 130 cm³/mol. The van der Waals surface area contributed by atoms with Crippen molar-refractivity contribution in [2.75, 3.05) is 26.2 Å². The van der Waals surface area contributed by atoms with Crippen molar-refractivity contribution >= 4 is 5.78 Å². The molecule has 0 saturated carbocycles. The Labute approximate surface area is 190 Å². The molecule has 1 aliphatic rings. The van der Waals surface area contributed by atoms with Crippen molar-refractivity contribution in [3.05, 3.63) is 34.9 Å². The van der Waals surface area contributed by atoms with Gasteiger partial charge in [-0.05, 0) is 25.0 Å². The van der Waals surface area contributed by atoms with Gasteiger partial charge in [-0.3, -0.25) is 9.69 Å². The van der Waals surface area contributed by atoms with E-state index in [0.29, 0.717) is 5.56 Å². The molecule has 1 atom stereocenters. The molecule has 1 heterocycles. The summed E-state index contributed by atoms with van der Waals surface area (Å²) < 4.78 is 0. The molecular weight excluding hydrogens is 382 g/mol. The summed E-state index contributed by atoms with van der Waals surface area (Å²) >= 11 is 0. The maximum Gasteiger partial charge on any atom is 0.180 e. The number of carbonyl (C=O) groups excluding carboxylic acids is 1. The number of nitrogens with one attached hydrogen (secondary N) is 1. The van der Waals surface area contributed by atoms with E-state index >= 15 is 0 Å². The number of nitriles is 1. The molecule has 2 rings (SSSR count). The van der Waals surface area contributed by atoms with Gasteiger partial charge in [0.1, 0.15) is 0 Å². The number of unbranched alkanes of at least 4 members (excludes halogenated alkanes) is 10. The van der Waals surface area contributed by atoms with Crippen LogP contribution in [0.3, 0.4) is 0 Å². The third kappa shape index (κ3) is 8.75. The van der Waals surface area contributed by atoms with Crippen LogP contribution in [-0.2, 0) is 0 Å². The van der Waals surface area contributed by atoms with E-state index in [2.05, 4.69) is 23.2 Å². The molecule has 31 heavy (non-hydrogen) atoms. The van der Waals surface area contributed by atoms with Gasteiger partial charge >= 0.3 is 0 Å². The molecule has 0 aliphatic carbocycles. The van der Waals surface area contributed by atoms with Crippen LogP contribution in [0.25, 0.3) is 0 Å². The lowest BCUT2D eigenvalue weighted by atomic mass is 9.92. The fraction of sp³-hybridized carbons (Fsp3) is 0.704. The molecule has 1 N–H and O–H groups in total. The number of carbonyl (C=O) groups is 1. The van der Waals surface area contributed by atoms with E-state index in [9.17, 15) is 10.1 Å². The first-order valence-corrected chi connectivity index (χ1v) is 12.7. The van der Waals surface area contributed by atoms with Crippen LogP contribution in [0.1, 0.15) is 105 Å². The SMILES string of the molecule is CCCCCCCCCCCCCC(C(=O)c1cccc(C#N)c1C)N1CCNCC1. The highest BCUT2D eigenvalue weighted by Gasteiger charge is 2.28. The molecule has 1 aliphatic heterocycles. The zero-order chi connectivity index (χ0) is 22.3. The molecule has 172 valence electrons. The topological polar surface area (TPSA) is 56.1 Å². The Hall–Kier alpha value is -1.70. The summed E-state index contributed by atoms with van der Waals surface area (Å²) in [5, 5.41) is 12.7. The molecule has 0 bridgehead atoms. The first-order valence-electron chi connectivity index (χ1n) is 12.7. The molecule has 1 aromatic rings. The summed E-state index contributed by atoms with van der Waals surface area (Å²) in [6.07, 6.45) is 15.5. The van der Waals surface area contributed by atoms with Crippen molar-refractivity contribution in [2.45, 2.75) is 96.9 Å². The van der Waals surface area contributed by atoms with Gasteiger partial charge in [0.2, 0.25) is 0 Å². The molecular formula is C27H43N3O. The van der Waals surface area contributed by atoms with Gasteiger partial charge in [-0.15, -0.1) is 0 Å². The van der Waals surface area contributed by atoms with Crippen molar-refractivity contribution < 1.29 is 4.79 Å². The van der Waals surface area contributed by atoms with Gasteiger partial charge in [0, 0.05) is 31.7 Å². The number of hydrogen-bond acceptors (Lipinski definition) is 4. The predicted octanol–water partition coefficient (Wildman–Crippen LogP) is 6.02. The van der Waals surface area contributed by atoms with Crippen LogP contribution < -0.4 is 5.32 Å². The summed E-state index contributed by atoms with van der Waals surface area (Å²) in [6.45, 7) is 7.91. The summed E-state index contributed by atoms with van der Waals surface area (Å²) in [5.74, 6) is 0.198. The Kier molecular flexibility index (Phi) is 12.5. The normalized spacial score (nSPS) is 15.5. The second kappa shape index (κ2) is 15.2. The second-order valence-corrected chi connectivity index (χ2v) is 9.08. The summed E-state index contributed by atoms with van der Waals surface area (Å²) in [5.41, 5.74) is 2.17. The Morgan fingerprint density at radius 3 is 2.16 bits per heavy atom. The number of Topliss-reactive ketones (excluding diaryl/α,β-unsaturated/α-hetero) is 1. The molecule has 1 saturated heterocycles. The zero-order valence-corrected chi connectivity index (χ0v) is 19.9. The van der Waals surface area contributed by atoms with Crippen LogP contribution in [0.4, 0.5) is 0 Å². The highest BCUT2D eigenvalue weighted by molar-refractivity contribution is 6.01. The molecule has 4 nitrogen and oxygen atoms in total. The number of rotatable bonds is 15. The number of ketones is 1. The van der Waals surface area contributed by atoms with Crippen LogP contribution >= 0.6 is 0 Å². The molecule has 0 aromatic heterocycles. The van der Waals surface area contributed by atoms with Crippen molar-refractivity contribution in [2.24, 2.45) is 0 Å². The van der Waals surface area contributed by atoms with Crippen molar-refractivity contribution in [3.63, 3.8) is 0 Å². The fourth-order valence-corrected chi connectivity index (χ4v) is 4.68. The summed E-state index contributed by atoms with van der Waals surface area (Å²) in [4.78, 5) is 15.8. The van der Waals surface area contributed by atoms with Crippen LogP contribution in [0.5, 0.6) is 0 Å². The maximum absolute atomic E-state index is 13.5.